The van der Waals surface area contributed by atoms with E-state index >= 15 is 0 Å². The maximum absolute atomic E-state index is 5.72. The first-order chi connectivity index (χ1) is 15.8. The van der Waals surface area contributed by atoms with Gasteiger partial charge in [-0.3, -0.25) is 4.90 Å². The van der Waals surface area contributed by atoms with Gasteiger partial charge in [0.2, 0.25) is 0 Å². The second kappa shape index (κ2) is 28.7. The van der Waals surface area contributed by atoms with Crippen LogP contribution in [0.25, 0.3) is 0 Å². The Bertz CT molecular complexity index is 341. The summed E-state index contributed by atoms with van der Waals surface area (Å²) in [6.45, 7) is 16.7. The Labute approximate surface area is 196 Å². The Morgan fingerprint density at radius 2 is 0.906 bits per heavy atom. The van der Waals surface area contributed by atoms with Crippen LogP contribution in [-0.2, 0) is 33.2 Å². The van der Waals surface area contributed by atoms with Gasteiger partial charge in [0.05, 0.1) is 79.3 Å². The van der Waals surface area contributed by atoms with Crippen molar-refractivity contribution in [1.29, 1.82) is 0 Å². The molecule has 0 fully saturated rings. The van der Waals surface area contributed by atoms with Crippen molar-refractivity contribution < 1.29 is 33.2 Å². The van der Waals surface area contributed by atoms with Gasteiger partial charge in [0, 0.05) is 39.4 Å². The first kappa shape index (κ1) is 31.6. The van der Waals surface area contributed by atoms with Crippen LogP contribution in [0.15, 0.2) is 0 Å². The Balaban J connectivity index is 3.71. The number of unbranched alkanes of at least 4 members (excludes halogenated alkanes) is 1. The van der Waals surface area contributed by atoms with Crippen LogP contribution in [0.2, 0.25) is 0 Å². The zero-order chi connectivity index (χ0) is 23.4. The van der Waals surface area contributed by atoms with Crippen LogP contribution >= 0.6 is 0 Å². The predicted octanol–water partition coefficient (Wildman–Crippen LogP) is 1.44. The van der Waals surface area contributed by atoms with E-state index in [0.29, 0.717) is 72.7 Å². The van der Waals surface area contributed by atoms with Crippen LogP contribution in [0.3, 0.4) is 0 Å². The molecule has 0 unspecified atom stereocenters. The molecule has 1 N–H and O–H groups in total. The van der Waals surface area contributed by atoms with Gasteiger partial charge in [0.1, 0.15) is 0 Å². The average Bonchev–Trinajstić information content (AvgIpc) is 2.80. The molecule has 9 heteroatoms. The van der Waals surface area contributed by atoms with Gasteiger partial charge in [-0.15, -0.1) is 0 Å². The van der Waals surface area contributed by atoms with Crippen LogP contribution in [0, 0.1) is 0 Å². The fourth-order valence-corrected chi connectivity index (χ4v) is 2.57. The highest BCUT2D eigenvalue weighted by Gasteiger charge is 2.05. The monoisotopic (exact) mass is 466 g/mol. The Hall–Kier alpha value is -0.360. The molecule has 0 aromatic rings. The molecule has 194 valence electrons. The van der Waals surface area contributed by atoms with Gasteiger partial charge in [-0.1, -0.05) is 13.3 Å². The van der Waals surface area contributed by atoms with Crippen LogP contribution in [-0.4, -0.2) is 131 Å². The zero-order valence-electron chi connectivity index (χ0n) is 20.9. The molecule has 9 nitrogen and oxygen atoms in total. The van der Waals surface area contributed by atoms with Crippen LogP contribution in [0.5, 0.6) is 0 Å². The second-order valence-electron chi connectivity index (χ2n) is 7.17. The molecule has 0 aromatic carbocycles. The van der Waals surface area contributed by atoms with E-state index < -0.39 is 0 Å². The predicted molar refractivity (Wildman–Crippen MR) is 127 cm³/mol. The fraction of sp³-hybridized carbons (Fsp3) is 1.00. The topological polar surface area (TPSA) is 79.9 Å². The summed E-state index contributed by atoms with van der Waals surface area (Å²) in [6.07, 6.45) is 2.26. The lowest BCUT2D eigenvalue weighted by molar-refractivity contribution is -0.00554. The Kier molecular flexibility index (Phi) is 28.4. The van der Waals surface area contributed by atoms with E-state index in [1.54, 1.807) is 0 Å². The lowest BCUT2D eigenvalue weighted by atomic mass is 10.4. The molecule has 32 heavy (non-hydrogen) atoms. The highest BCUT2D eigenvalue weighted by molar-refractivity contribution is 4.57. The normalized spacial score (nSPS) is 11.6. The van der Waals surface area contributed by atoms with E-state index in [4.69, 9.17) is 33.2 Å². The molecule has 0 saturated heterocycles. The van der Waals surface area contributed by atoms with Gasteiger partial charge < -0.3 is 38.5 Å². The number of likely N-dealkylation sites (N-methyl/N-ethyl adjacent to an activating group) is 1. The summed E-state index contributed by atoms with van der Waals surface area (Å²) in [5.41, 5.74) is 0. The van der Waals surface area contributed by atoms with E-state index in [0.717, 1.165) is 58.8 Å². The van der Waals surface area contributed by atoms with Crippen molar-refractivity contribution >= 4 is 0 Å². The van der Waals surface area contributed by atoms with Crippen molar-refractivity contribution in [2.24, 2.45) is 0 Å². The molecule has 0 saturated carbocycles. The van der Waals surface area contributed by atoms with Crippen molar-refractivity contribution in [1.82, 2.24) is 10.2 Å². The fourth-order valence-electron chi connectivity index (χ4n) is 2.57. The summed E-state index contributed by atoms with van der Waals surface area (Å²) in [6, 6.07) is 0. The third-order valence-electron chi connectivity index (χ3n) is 4.49. The van der Waals surface area contributed by atoms with Crippen molar-refractivity contribution in [3.8, 4) is 0 Å². The molecule has 0 aliphatic rings. The average molecular weight is 467 g/mol. The molecule has 0 radical (unpaired) electrons. The molecule has 0 aliphatic heterocycles. The largest absolute Gasteiger partial charge is 0.380 e. The summed E-state index contributed by atoms with van der Waals surface area (Å²) >= 11 is 0. The maximum Gasteiger partial charge on any atom is 0.0701 e. The molecule has 0 aromatic heterocycles. The van der Waals surface area contributed by atoms with Gasteiger partial charge >= 0.3 is 0 Å². The first-order valence-corrected chi connectivity index (χ1v) is 12.3. The van der Waals surface area contributed by atoms with Crippen LogP contribution < -0.4 is 5.32 Å². The minimum absolute atomic E-state index is 0.575. The number of nitrogens with zero attached hydrogens (tertiary/aromatic N) is 1. The van der Waals surface area contributed by atoms with Gasteiger partial charge in [0.25, 0.3) is 0 Å². The lowest BCUT2D eigenvalue weighted by Crippen LogP contribution is -2.34. The molecule has 0 heterocycles. The summed E-state index contributed by atoms with van der Waals surface area (Å²) in [5.74, 6) is 0. The van der Waals surface area contributed by atoms with Crippen molar-refractivity contribution in [2.45, 2.75) is 26.7 Å². The van der Waals surface area contributed by atoms with E-state index in [1.807, 2.05) is 14.0 Å². The molecular formula is C23H50N2O7. The molecule has 0 atom stereocenters. The summed E-state index contributed by atoms with van der Waals surface area (Å²) < 4.78 is 38.7. The summed E-state index contributed by atoms with van der Waals surface area (Å²) in [7, 11) is 1.92. The number of ether oxygens (including phenoxy) is 7. The number of hydrogen-bond donors (Lipinski definition) is 1. The van der Waals surface area contributed by atoms with Gasteiger partial charge in [-0.05, 0) is 20.4 Å². The second-order valence-corrected chi connectivity index (χ2v) is 7.17. The minimum atomic E-state index is 0.575. The Morgan fingerprint density at radius 1 is 0.500 bits per heavy atom. The highest BCUT2D eigenvalue weighted by Crippen LogP contribution is 1.94. The lowest BCUT2D eigenvalue weighted by Gasteiger charge is -2.22. The zero-order valence-corrected chi connectivity index (χ0v) is 20.9. The van der Waals surface area contributed by atoms with Crippen LogP contribution in [0.4, 0.5) is 0 Å². The number of nitrogens with one attached hydrogen (secondary N) is 1. The smallest absolute Gasteiger partial charge is 0.0701 e. The van der Waals surface area contributed by atoms with Crippen molar-refractivity contribution in [2.75, 3.05) is 126 Å². The van der Waals surface area contributed by atoms with Crippen molar-refractivity contribution in [3.05, 3.63) is 0 Å². The van der Waals surface area contributed by atoms with E-state index in [-0.39, 0.29) is 0 Å². The maximum atomic E-state index is 5.72. The third kappa shape index (κ3) is 25.9. The third-order valence-corrected chi connectivity index (χ3v) is 4.49. The van der Waals surface area contributed by atoms with Crippen LogP contribution in [0.1, 0.15) is 26.7 Å². The quantitative estimate of drug-likeness (QED) is 0.172. The molecule has 0 bridgehead atoms. The van der Waals surface area contributed by atoms with Gasteiger partial charge in [0.15, 0.2) is 0 Å². The van der Waals surface area contributed by atoms with Crippen molar-refractivity contribution in [3.63, 3.8) is 0 Å². The van der Waals surface area contributed by atoms with E-state index in [1.165, 1.54) is 0 Å². The SMILES string of the molecule is CCCCOCCN(CCOCCOCCNC)CCOCCOCCOCCOCC. The standard InChI is InChI=1S/C23H50N2O7/c1-4-6-11-27-13-8-25(9-14-29-19-18-28-12-7-24-3)10-15-30-20-21-32-23-22-31-17-16-26-5-2/h24H,4-23H2,1-3H3. The molecule has 0 rings (SSSR count). The minimum Gasteiger partial charge on any atom is -0.380 e. The van der Waals surface area contributed by atoms with Gasteiger partial charge in [-0.2, -0.15) is 0 Å². The Morgan fingerprint density at radius 3 is 1.34 bits per heavy atom. The summed E-state index contributed by atoms with van der Waals surface area (Å²) in [5, 5.41) is 3.05. The molecular weight excluding hydrogens is 416 g/mol. The molecule has 0 amide bonds. The first-order valence-electron chi connectivity index (χ1n) is 12.3. The summed E-state index contributed by atoms with van der Waals surface area (Å²) in [4.78, 5) is 2.32. The van der Waals surface area contributed by atoms with E-state index in [2.05, 4.69) is 17.1 Å². The molecule has 0 aliphatic carbocycles. The highest BCUT2D eigenvalue weighted by atomic mass is 16.6. The number of rotatable bonds is 28. The van der Waals surface area contributed by atoms with E-state index in [9.17, 15) is 0 Å². The van der Waals surface area contributed by atoms with Gasteiger partial charge in [-0.25, -0.2) is 0 Å². The molecule has 0 spiro atoms. The number of hydrogen-bond acceptors (Lipinski definition) is 9.